The average molecular weight is 439 g/mol. The molecule has 1 saturated carbocycles. The van der Waals surface area contributed by atoms with Crippen LogP contribution in [-0.2, 0) is 21.6 Å². The van der Waals surface area contributed by atoms with Crippen LogP contribution in [0.1, 0.15) is 36.9 Å². The molecule has 152 valence electrons. The number of carbonyl (C=O) groups excluding carboxylic acids is 1. The predicted octanol–water partition coefficient (Wildman–Crippen LogP) is 5.12. The van der Waals surface area contributed by atoms with Gasteiger partial charge in [-0.3, -0.25) is 14.0 Å². The Labute approximate surface area is 181 Å². The number of fused-ring (bicyclic) bond motifs is 3. The third-order valence-electron chi connectivity index (χ3n) is 5.84. The van der Waals surface area contributed by atoms with Crippen molar-refractivity contribution in [2.24, 2.45) is 0 Å². The molecule has 1 aliphatic carbocycles. The highest BCUT2D eigenvalue weighted by Gasteiger charge is 2.44. The third kappa shape index (κ3) is 3.20. The lowest BCUT2D eigenvalue weighted by atomic mass is 9.79. The summed E-state index contributed by atoms with van der Waals surface area (Å²) < 4.78 is 8.28. The molecule has 30 heavy (non-hydrogen) atoms. The van der Waals surface area contributed by atoms with Gasteiger partial charge in [-0.05, 0) is 42.7 Å². The first-order valence-electron chi connectivity index (χ1n) is 9.90. The normalized spacial score (nSPS) is 15.6. The van der Waals surface area contributed by atoms with Gasteiger partial charge in [0.15, 0.2) is 4.96 Å². The molecule has 0 aliphatic heterocycles. The Morgan fingerprint density at radius 2 is 1.87 bits per heavy atom. The molecule has 1 aliphatic rings. The second-order valence-corrected chi connectivity index (χ2v) is 9.09. The van der Waals surface area contributed by atoms with Crippen LogP contribution >= 0.6 is 22.9 Å². The number of nitrogens with zero attached hydrogens (tertiary/aromatic N) is 2. The van der Waals surface area contributed by atoms with Crippen molar-refractivity contribution in [1.82, 2.24) is 9.38 Å². The van der Waals surface area contributed by atoms with Crippen LogP contribution in [0.2, 0.25) is 5.02 Å². The summed E-state index contributed by atoms with van der Waals surface area (Å²) in [6.45, 7) is -0.0197. The Bertz CT molecular complexity index is 1300. The summed E-state index contributed by atoms with van der Waals surface area (Å²) in [4.78, 5) is 31.0. The number of aromatic nitrogens is 2. The van der Waals surface area contributed by atoms with Gasteiger partial charge in [0.25, 0.3) is 5.56 Å². The minimum absolute atomic E-state index is 0.0197. The van der Waals surface area contributed by atoms with Crippen LogP contribution in [0.4, 0.5) is 0 Å². The van der Waals surface area contributed by atoms with Crippen molar-refractivity contribution >= 4 is 44.1 Å². The molecule has 1 fully saturated rings. The highest BCUT2D eigenvalue weighted by molar-refractivity contribution is 7.23. The quantitative estimate of drug-likeness (QED) is 0.415. The second kappa shape index (κ2) is 7.52. The molecule has 5 rings (SSSR count). The van der Waals surface area contributed by atoms with E-state index < -0.39 is 5.41 Å². The van der Waals surface area contributed by atoms with Gasteiger partial charge in [0.05, 0.1) is 21.3 Å². The molecular weight excluding hydrogens is 420 g/mol. The molecule has 2 aromatic heterocycles. The van der Waals surface area contributed by atoms with E-state index in [0.717, 1.165) is 41.5 Å². The number of halogens is 1. The first-order valence-corrected chi connectivity index (χ1v) is 11.1. The summed E-state index contributed by atoms with van der Waals surface area (Å²) in [7, 11) is 0. The molecule has 2 aromatic carbocycles. The van der Waals surface area contributed by atoms with E-state index in [-0.39, 0.29) is 18.1 Å². The van der Waals surface area contributed by atoms with E-state index >= 15 is 0 Å². The van der Waals surface area contributed by atoms with E-state index in [2.05, 4.69) is 4.98 Å². The number of benzene rings is 2. The Kier molecular flexibility index (Phi) is 4.83. The van der Waals surface area contributed by atoms with Crippen molar-refractivity contribution in [3.63, 3.8) is 0 Å². The summed E-state index contributed by atoms with van der Waals surface area (Å²) >= 11 is 7.47. The van der Waals surface area contributed by atoms with Crippen molar-refractivity contribution in [1.29, 1.82) is 0 Å². The molecule has 0 spiro atoms. The molecule has 0 N–H and O–H groups in total. The first-order chi connectivity index (χ1) is 14.6. The lowest BCUT2D eigenvalue weighted by Gasteiger charge is -2.27. The fourth-order valence-corrected chi connectivity index (χ4v) is 5.51. The summed E-state index contributed by atoms with van der Waals surface area (Å²) in [5.74, 6) is -0.263. The molecule has 0 atom stereocenters. The Morgan fingerprint density at radius 1 is 1.13 bits per heavy atom. The van der Waals surface area contributed by atoms with Crippen molar-refractivity contribution in [2.45, 2.75) is 37.7 Å². The van der Waals surface area contributed by atoms with E-state index in [1.807, 2.05) is 48.5 Å². The van der Waals surface area contributed by atoms with Gasteiger partial charge < -0.3 is 4.74 Å². The Balaban J connectivity index is 1.43. The monoisotopic (exact) mass is 438 g/mol. The van der Waals surface area contributed by atoms with Crippen LogP contribution in [0.5, 0.6) is 0 Å². The number of ether oxygens (including phenoxy) is 1. The molecule has 0 saturated heterocycles. The number of carbonyl (C=O) groups is 1. The van der Waals surface area contributed by atoms with Crippen LogP contribution in [0.3, 0.4) is 0 Å². The Morgan fingerprint density at radius 3 is 2.63 bits per heavy atom. The fourth-order valence-electron chi connectivity index (χ4n) is 4.33. The van der Waals surface area contributed by atoms with Gasteiger partial charge in [0.2, 0.25) is 0 Å². The first kappa shape index (κ1) is 19.3. The van der Waals surface area contributed by atoms with Gasteiger partial charge in [0.1, 0.15) is 6.61 Å². The van der Waals surface area contributed by atoms with Crippen molar-refractivity contribution < 1.29 is 9.53 Å². The molecule has 7 heteroatoms. The van der Waals surface area contributed by atoms with E-state index in [4.69, 9.17) is 16.3 Å². The van der Waals surface area contributed by atoms with Gasteiger partial charge in [-0.1, -0.05) is 60.0 Å². The molecule has 5 nitrogen and oxygen atoms in total. The van der Waals surface area contributed by atoms with E-state index in [9.17, 15) is 9.59 Å². The van der Waals surface area contributed by atoms with Gasteiger partial charge in [-0.15, -0.1) is 0 Å². The molecule has 0 bridgehead atoms. The minimum Gasteiger partial charge on any atom is -0.458 e. The van der Waals surface area contributed by atoms with Crippen LogP contribution < -0.4 is 5.56 Å². The zero-order valence-electron chi connectivity index (χ0n) is 16.1. The summed E-state index contributed by atoms with van der Waals surface area (Å²) in [5, 5.41) is 0.640. The maximum atomic E-state index is 13.2. The topological polar surface area (TPSA) is 60.7 Å². The highest BCUT2D eigenvalue weighted by atomic mass is 35.5. The van der Waals surface area contributed by atoms with Crippen LogP contribution in [0.25, 0.3) is 15.2 Å². The zero-order chi connectivity index (χ0) is 20.7. The van der Waals surface area contributed by atoms with Crippen LogP contribution in [0.15, 0.2) is 59.4 Å². The molecule has 0 radical (unpaired) electrons. The average Bonchev–Trinajstić information content (AvgIpc) is 3.38. The van der Waals surface area contributed by atoms with E-state index in [1.54, 1.807) is 4.40 Å². The maximum Gasteiger partial charge on any atom is 0.316 e. The third-order valence-corrected chi connectivity index (χ3v) is 7.12. The lowest BCUT2D eigenvalue weighted by Crippen LogP contribution is -2.34. The minimum atomic E-state index is -0.651. The molecule has 2 heterocycles. The predicted molar refractivity (Wildman–Crippen MR) is 118 cm³/mol. The van der Waals surface area contributed by atoms with Crippen LogP contribution in [-0.4, -0.2) is 15.4 Å². The smallest absolute Gasteiger partial charge is 0.316 e. The molecular formula is C23H19ClN2O3S. The number of hydrogen-bond donors (Lipinski definition) is 0. The molecule has 0 unspecified atom stereocenters. The molecule has 0 amide bonds. The largest absolute Gasteiger partial charge is 0.458 e. The van der Waals surface area contributed by atoms with E-state index in [0.29, 0.717) is 15.7 Å². The summed E-state index contributed by atoms with van der Waals surface area (Å²) in [5.41, 5.74) is 1.41. The van der Waals surface area contributed by atoms with Gasteiger partial charge in [0, 0.05) is 11.1 Å². The Hall–Kier alpha value is -2.70. The van der Waals surface area contributed by atoms with E-state index in [1.165, 1.54) is 17.4 Å². The second-order valence-electron chi connectivity index (χ2n) is 7.65. The van der Waals surface area contributed by atoms with Crippen LogP contribution in [0, 0.1) is 0 Å². The lowest BCUT2D eigenvalue weighted by molar-refractivity contribution is -0.152. The number of esters is 1. The van der Waals surface area contributed by atoms with Gasteiger partial charge in [-0.2, -0.15) is 0 Å². The van der Waals surface area contributed by atoms with Gasteiger partial charge in [-0.25, -0.2) is 4.98 Å². The number of thiazole rings is 1. The summed E-state index contributed by atoms with van der Waals surface area (Å²) in [6.07, 6.45) is 3.45. The maximum absolute atomic E-state index is 13.2. The SMILES string of the molecule is O=C(OCc1cc(=O)n2c(n1)sc1ccccc12)C1(c2ccc(Cl)cc2)CCCC1. The highest BCUT2D eigenvalue weighted by Crippen LogP contribution is 2.42. The fraction of sp³-hybridized carbons (Fsp3) is 0.261. The number of rotatable bonds is 4. The zero-order valence-corrected chi connectivity index (χ0v) is 17.7. The summed E-state index contributed by atoms with van der Waals surface area (Å²) in [6, 6.07) is 16.6. The van der Waals surface area contributed by atoms with Crippen molar-refractivity contribution in [2.75, 3.05) is 0 Å². The van der Waals surface area contributed by atoms with Crippen molar-refractivity contribution in [3.05, 3.63) is 81.2 Å². The number of hydrogen-bond acceptors (Lipinski definition) is 5. The van der Waals surface area contributed by atoms with Crippen molar-refractivity contribution in [3.8, 4) is 0 Å². The standard InChI is InChI=1S/C23H19ClN2O3S/c24-16-9-7-15(8-10-16)23(11-3-4-12-23)21(28)29-14-17-13-20(27)26-18-5-1-2-6-19(18)30-22(26)25-17/h1-2,5-10,13H,3-4,11-12,14H2. The number of para-hydroxylation sites is 1. The molecule has 4 aromatic rings. The van der Waals surface area contributed by atoms with Gasteiger partial charge >= 0.3 is 5.97 Å².